The van der Waals surface area contributed by atoms with Crippen molar-refractivity contribution in [1.82, 2.24) is 5.32 Å². The van der Waals surface area contributed by atoms with Gasteiger partial charge >= 0.3 is 0 Å². The molecule has 2 aromatic carbocycles. The normalized spacial score (nSPS) is 11.7. The molecular formula is C18H22N2O2. The molecule has 116 valence electrons. The Bertz CT molecular complexity index is 582. The SMILES string of the molecule is CCOc1ccc(CC(=O)NCC(N)c2ccccc2)cc1. The maximum Gasteiger partial charge on any atom is 0.224 e. The molecule has 0 saturated carbocycles. The van der Waals surface area contributed by atoms with Gasteiger partial charge < -0.3 is 15.8 Å². The first-order chi connectivity index (χ1) is 10.7. The lowest BCUT2D eigenvalue weighted by molar-refractivity contribution is -0.120. The summed E-state index contributed by atoms with van der Waals surface area (Å²) in [5.74, 6) is 0.785. The zero-order valence-electron chi connectivity index (χ0n) is 12.8. The number of ether oxygens (including phenoxy) is 1. The summed E-state index contributed by atoms with van der Waals surface area (Å²) in [5.41, 5.74) is 8.03. The van der Waals surface area contributed by atoms with Crippen LogP contribution in [-0.4, -0.2) is 19.1 Å². The minimum Gasteiger partial charge on any atom is -0.494 e. The number of carbonyl (C=O) groups excluding carboxylic acids is 1. The maximum atomic E-state index is 12.0. The molecule has 2 aromatic rings. The first-order valence-corrected chi connectivity index (χ1v) is 7.48. The summed E-state index contributed by atoms with van der Waals surface area (Å²) in [7, 11) is 0. The fourth-order valence-corrected chi connectivity index (χ4v) is 2.16. The molecule has 3 N–H and O–H groups in total. The summed E-state index contributed by atoms with van der Waals surface area (Å²) < 4.78 is 5.38. The van der Waals surface area contributed by atoms with Gasteiger partial charge in [-0.1, -0.05) is 42.5 Å². The summed E-state index contributed by atoms with van der Waals surface area (Å²) in [6, 6.07) is 17.1. The summed E-state index contributed by atoms with van der Waals surface area (Å²) in [6.07, 6.45) is 0.341. The molecule has 1 atom stereocenters. The number of hydrogen-bond acceptors (Lipinski definition) is 3. The van der Waals surface area contributed by atoms with Crippen molar-refractivity contribution < 1.29 is 9.53 Å². The standard InChI is InChI=1S/C18H22N2O2/c1-2-22-16-10-8-14(9-11-16)12-18(21)20-13-17(19)15-6-4-3-5-7-15/h3-11,17H,2,12-13,19H2,1H3,(H,20,21). The minimum absolute atomic E-state index is 0.0319. The van der Waals surface area contributed by atoms with Crippen LogP contribution in [0.15, 0.2) is 54.6 Å². The molecular weight excluding hydrogens is 276 g/mol. The van der Waals surface area contributed by atoms with Gasteiger partial charge in [-0.05, 0) is 30.2 Å². The van der Waals surface area contributed by atoms with Crippen LogP contribution in [0.1, 0.15) is 24.1 Å². The summed E-state index contributed by atoms with van der Waals surface area (Å²) in [4.78, 5) is 12.0. The molecule has 0 radical (unpaired) electrons. The number of nitrogens with one attached hydrogen (secondary N) is 1. The summed E-state index contributed by atoms with van der Waals surface area (Å²) in [5, 5.41) is 2.87. The van der Waals surface area contributed by atoms with Gasteiger partial charge in [0.05, 0.1) is 13.0 Å². The van der Waals surface area contributed by atoms with Gasteiger partial charge in [-0.15, -0.1) is 0 Å². The van der Waals surface area contributed by atoms with Crippen LogP contribution in [0.5, 0.6) is 5.75 Å². The molecule has 4 nitrogen and oxygen atoms in total. The van der Waals surface area contributed by atoms with Crippen molar-refractivity contribution in [2.45, 2.75) is 19.4 Å². The first kappa shape index (κ1) is 16.0. The van der Waals surface area contributed by atoms with Crippen LogP contribution < -0.4 is 15.8 Å². The van der Waals surface area contributed by atoms with Crippen LogP contribution in [0.25, 0.3) is 0 Å². The highest BCUT2D eigenvalue weighted by molar-refractivity contribution is 5.78. The number of amides is 1. The Morgan fingerprint density at radius 2 is 1.82 bits per heavy atom. The smallest absolute Gasteiger partial charge is 0.224 e. The average molecular weight is 298 g/mol. The van der Waals surface area contributed by atoms with E-state index in [1.807, 2.05) is 61.5 Å². The molecule has 0 saturated heterocycles. The van der Waals surface area contributed by atoms with E-state index in [1.54, 1.807) is 0 Å². The highest BCUT2D eigenvalue weighted by Gasteiger charge is 2.08. The monoisotopic (exact) mass is 298 g/mol. The highest BCUT2D eigenvalue weighted by atomic mass is 16.5. The van der Waals surface area contributed by atoms with Gasteiger partial charge in [-0.25, -0.2) is 0 Å². The van der Waals surface area contributed by atoms with Gasteiger partial charge in [0.25, 0.3) is 0 Å². The van der Waals surface area contributed by atoms with Gasteiger partial charge in [0.1, 0.15) is 5.75 Å². The van der Waals surface area contributed by atoms with E-state index >= 15 is 0 Å². The van der Waals surface area contributed by atoms with Crippen molar-refractivity contribution in [2.24, 2.45) is 5.73 Å². The number of rotatable bonds is 7. The lowest BCUT2D eigenvalue weighted by Crippen LogP contribution is -2.32. The Hall–Kier alpha value is -2.33. The molecule has 0 aliphatic heterocycles. The zero-order chi connectivity index (χ0) is 15.8. The number of nitrogens with two attached hydrogens (primary N) is 1. The Kier molecular flexibility index (Phi) is 5.98. The summed E-state index contributed by atoms with van der Waals surface area (Å²) >= 11 is 0. The summed E-state index contributed by atoms with van der Waals surface area (Å²) in [6.45, 7) is 3.01. The predicted molar refractivity (Wildman–Crippen MR) is 87.7 cm³/mol. The van der Waals surface area contributed by atoms with Crippen molar-refractivity contribution in [1.29, 1.82) is 0 Å². The second-order valence-electron chi connectivity index (χ2n) is 5.07. The lowest BCUT2D eigenvalue weighted by atomic mass is 10.1. The van der Waals surface area contributed by atoms with Gasteiger partial charge in [0, 0.05) is 12.6 Å². The fraction of sp³-hybridized carbons (Fsp3) is 0.278. The van der Waals surface area contributed by atoms with Crippen LogP contribution in [-0.2, 0) is 11.2 Å². The van der Waals surface area contributed by atoms with Crippen molar-refractivity contribution >= 4 is 5.91 Å². The van der Waals surface area contributed by atoms with Crippen molar-refractivity contribution in [3.05, 3.63) is 65.7 Å². The third kappa shape index (κ3) is 4.90. The second-order valence-corrected chi connectivity index (χ2v) is 5.07. The lowest BCUT2D eigenvalue weighted by Gasteiger charge is -2.13. The molecule has 0 bridgehead atoms. The maximum absolute atomic E-state index is 12.0. The molecule has 2 rings (SSSR count). The first-order valence-electron chi connectivity index (χ1n) is 7.48. The van der Waals surface area contributed by atoms with Crippen molar-refractivity contribution in [2.75, 3.05) is 13.2 Å². The zero-order valence-corrected chi connectivity index (χ0v) is 12.8. The number of benzene rings is 2. The van der Waals surface area contributed by atoms with E-state index in [4.69, 9.17) is 10.5 Å². The topological polar surface area (TPSA) is 64.3 Å². The Morgan fingerprint density at radius 1 is 1.14 bits per heavy atom. The molecule has 0 aliphatic carbocycles. The van der Waals surface area contributed by atoms with Crippen molar-refractivity contribution in [3.8, 4) is 5.75 Å². The van der Waals surface area contributed by atoms with Crippen LogP contribution in [0, 0.1) is 0 Å². The number of hydrogen-bond donors (Lipinski definition) is 2. The van der Waals surface area contributed by atoms with Crippen LogP contribution in [0.2, 0.25) is 0 Å². The molecule has 0 fully saturated rings. The average Bonchev–Trinajstić information content (AvgIpc) is 2.55. The molecule has 0 aromatic heterocycles. The van der Waals surface area contributed by atoms with E-state index in [2.05, 4.69) is 5.32 Å². The fourth-order valence-electron chi connectivity index (χ4n) is 2.16. The number of carbonyl (C=O) groups is 1. The minimum atomic E-state index is -0.189. The largest absolute Gasteiger partial charge is 0.494 e. The predicted octanol–water partition coefficient (Wildman–Crippen LogP) is 2.44. The molecule has 1 amide bonds. The van der Waals surface area contributed by atoms with E-state index in [0.717, 1.165) is 16.9 Å². The van der Waals surface area contributed by atoms with Crippen LogP contribution in [0.3, 0.4) is 0 Å². The van der Waals surface area contributed by atoms with E-state index in [-0.39, 0.29) is 11.9 Å². The van der Waals surface area contributed by atoms with E-state index in [0.29, 0.717) is 19.6 Å². The van der Waals surface area contributed by atoms with Gasteiger partial charge in [-0.3, -0.25) is 4.79 Å². The molecule has 0 aliphatic rings. The quantitative estimate of drug-likeness (QED) is 0.825. The van der Waals surface area contributed by atoms with Gasteiger partial charge in [0.15, 0.2) is 0 Å². The second kappa shape index (κ2) is 8.20. The van der Waals surface area contributed by atoms with Gasteiger partial charge in [-0.2, -0.15) is 0 Å². The molecule has 4 heteroatoms. The van der Waals surface area contributed by atoms with E-state index in [1.165, 1.54) is 0 Å². The highest BCUT2D eigenvalue weighted by Crippen LogP contribution is 2.12. The third-order valence-electron chi connectivity index (χ3n) is 3.35. The van der Waals surface area contributed by atoms with Crippen LogP contribution in [0.4, 0.5) is 0 Å². The Balaban J connectivity index is 1.80. The molecule has 0 heterocycles. The molecule has 0 spiro atoms. The van der Waals surface area contributed by atoms with Crippen LogP contribution >= 0.6 is 0 Å². The Morgan fingerprint density at radius 3 is 2.45 bits per heavy atom. The molecule has 1 unspecified atom stereocenters. The van der Waals surface area contributed by atoms with Gasteiger partial charge in [0.2, 0.25) is 5.91 Å². The Labute approximate surface area is 131 Å². The molecule has 22 heavy (non-hydrogen) atoms. The van der Waals surface area contributed by atoms with E-state index in [9.17, 15) is 4.79 Å². The third-order valence-corrected chi connectivity index (χ3v) is 3.35. The van der Waals surface area contributed by atoms with E-state index < -0.39 is 0 Å². The van der Waals surface area contributed by atoms with Crippen molar-refractivity contribution in [3.63, 3.8) is 0 Å².